The van der Waals surface area contributed by atoms with Gasteiger partial charge in [-0.25, -0.2) is 4.98 Å². The van der Waals surface area contributed by atoms with Crippen molar-refractivity contribution < 1.29 is 0 Å². The molecule has 5 heteroatoms. The van der Waals surface area contributed by atoms with Crippen molar-refractivity contribution >= 4 is 23.7 Å². The van der Waals surface area contributed by atoms with E-state index < -0.39 is 0 Å². The van der Waals surface area contributed by atoms with Crippen LogP contribution in [0.15, 0.2) is 5.38 Å². The monoisotopic (exact) mass is 275 g/mol. The first-order valence-electron chi connectivity index (χ1n) is 6.17. The molecule has 0 amide bonds. The molecule has 0 aliphatic carbocycles. The van der Waals surface area contributed by atoms with E-state index in [1.807, 2.05) is 11.3 Å². The molecule has 0 bridgehead atoms. The summed E-state index contributed by atoms with van der Waals surface area (Å²) in [5, 5.41) is 6.91. The van der Waals surface area contributed by atoms with Crippen LogP contribution in [0.1, 0.15) is 31.0 Å². The molecule has 1 saturated heterocycles. The highest BCUT2D eigenvalue weighted by Gasteiger charge is 2.18. The summed E-state index contributed by atoms with van der Waals surface area (Å²) in [5.74, 6) is 0. The van der Waals surface area contributed by atoms with Crippen LogP contribution in [0.4, 0.5) is 0 Å². The molecule has 0 spiro atoms. The maximum atomic E-state index is 4.68. The Bertz CT molecular complexity index is 329. The number of thiazole rings is 1. The van der Waals surface area contributed by atoms with Crippen molar-refractivity contribution in [1.29, 1.82) is 0 Å². The number of rotatable bonds is 4. The SMILES string of the molecule is CCCc1csc(CN2CCNCC2C)n1.Cl. The number of piperazine rings is 1. The van der Waals surface area contributed by atoms with Crippen LogP contribution >= 0.6 is 23.7 Å². The maximum Gasteiger partial charge on any atom is 0.107 e. The lowest BCUT2D eigenvalue weighted by atomic mass is 10.2. The predicted octanol–water partition coefficient (Wildman–Crippen LogP) is 2.31. The van der Waals surface area contributed by atoms with Crippen molar-refractivity contribution in [1.82, 2.24) is 15.2 Å². The van der Waals surface area contributed by atoms with Crippen LogP contribution in [0.5, 0.6) is 0 Å². The lowest BCUT2D eigenvalue weighted by molar-refractivity contribution is 0.165. The van der Waals surface area contributed by atoms with Gasteiger partial charge >= 0.3 is 0 Å². The van der Waals surface area contributed by atoms with Crippen LogP contribution in [0.2, 0.25) is 0 Å². The molecule has 98 valence electrons. The lowest BCUT2D eigenvalue weighted by Crippen LogP contribution is -2.49. The van der Waals surface area contributed by atoms with Crippen LogP contribution in [0, 0.1) is 0 Å². The number of hydrogen-bond acceptors (Lipinski definition) is 4. The van der Waals surface area contributed by atoms with E-state index >= 15 is 0 Å². The van der Waals surface area contributed by atoms with Crippen LogP contribution in [0.25, 0.3) is 0 Å². The van der Waals surface area contributed by atoms with E-state index in [2.05, 4.69) is 34.4 Å². The summed E-state index contributed by atoms with van der Waals surface area (Å²) in [6.07, 6.45) is 2.31. The number of aryl methyl sites for hydroxylation is 1. The molecule has 0 aromatic carbocycles. The number of aromatic nitrogens is 1. The summed E-state index contributed by atoms with van der Waals surface area (Å²) in [5.41, 5.74) is 1.27. The first-order chi connectivity index (χ1) is 7.79. The summed E-state index contributed by atoms with van der Waals surface area (Å²) < 4.78 is 0. The minimum absolute atomic E-state index is 0. The molecule has 3 nitrogen and oxygen atoms in total. The zero-order valence-electron chi connectivity index (χ0n) is 10.6. The molecule has 1 aromatic rings. The standard InChI is InChI=1S/C12H21N3S.ClH/c1-3-4-11-9-16-12(14-11)8-15-6-5-13-7-10(15)2;/h9-10,13H,3-8H2,1-2H3;1H. The Labute approximate surface area is 114 Å². The molecule has 0 saturated carbocycles. The van der Waals surface area contributed by atoms with Gasteiger partial charge in [-0.1, -0.05) is 13.3 Å². The normalized spacial score (nSPS) is 21.2. The van der Waals surface area contributed by atoms with Crippen LogP contribution in [-0.4, -0.2) is 35.6 Å². The minimum atomic E-state index is 0. The van der Waals surface area contributed by atoms with Crippen LogP contribution < -0.4 is 5.32 Å². The van der Waals surface area contributed by atoms with Crippen molar-refractivity contribution in [3.05, 3.63) is 16.1 Å². The summed E-state index contributed by atoms with van der Waals surface area (Å²) in [6.45, 7) is 8.87. The van der Waals surface area contributed by atoms with E-state index in [0.29, 0.717) is 6.04 Å². The van der Waals surface area contributed by atoms with E-state index in [4.69, 9.17) is 0 Å². The van der Waals surface area contributed by atoms with Gasteiger partial charge < -0.3 is 5.32 Å². The first kappa shape index (κ1) is 14.9. The predicted molar refractivity (Wildman–Crippen MR) is 76.1 cm³/mol. The Morgan fingerprint density at radius 1 is 1.59 bits per heavy atom. The number of halogens is 1. The quantitative estimate of drug-likeness (QED) is 0.914. The second-order valence-corrected chi connectivity index (χ2v) is 5.45. The fourth-order valence-corrected chi connectivity index (χ4v) is 2.94. The summed E-state index contributed by atoms with van der Waals surface area (Å²) >= 11 is 1.81. The van der Waals surface area contributed by atoms with E-state index in [9.17, 15) is 0 Å². The fraction of sp³-hybridized carbons (Fsp3) is 0.750. The minimum Gasteiger partial charge on any atom is -0.314 e. The molecule has 1 aromatic heterocycles. The third kappa shape index (κ3) is 4.21. The van der Waals surface area contributed by atoms with Crippen LogP contribution in [-0.2, 0) is 13.0 Å². The molecule has 0 radical (unpaired) electrons. The van der Waals surface area contributed by atoms with E-state index in [1.165, 1.54) is 17.1 Å². The van der Waals surface area contributed by atoms with Gasteiger partial charge in [-0.3, -0.25) is 4.90 Å². The summed E-state index contributed by atoms with van der Waals surface area (Å²) in [7, 11) is 0. The molecule has 1 fully saturated rings. The largest absolute Gasteiger partial charge is 0.314 e. The van der Waals surface area contributed by atoms with E-state index in [1.54, 1.807) is 0 Å². The van der Waals surface area contributed by atoms with Crippen molar-refractivity contribution in [2.75, 3.05) is 19.6 Å². The number of nitrogens with zero attached hydrogens (tertiary/aromatic N) is 2. The van der Waals surface area contributed by atoms with Crippen molar-refractivity contribution in [3.63, 3.8) is 0 Å². The molecule has 1 atom stereocenters. The van der Waals surface area contributed by atoms with E-state index in [0.717, 1.165) is 32.6 Å². The second kappa shape index (κ2) is 7.31. The van der Waals surface area contributed by atoms with Gasteiger partial charge in [0, 0.05) is 31.1 Å². The molecule has 1 N–H and O–H groups in total. The fourth-order valence-electron chi connectivity index (χ4n) is 2.08. The number of hydrogen-bond donors (Lipinski definition) is 1. The second-order valence-electron chi connectivity index (χ2n) is 4.51. The smallest absolute Gasteiger partial charge is 0.107 e. The van der Waals surface area contributed by atoms with Crippen molar-refractivity contribution in [2.24, 2.45) is 0 Å². The van der Waals surface area contributed by atoms with Gasteiger partial charge in [0.25, 0.3) is 0 Å². The van der Waals surface area contributed by atoms with Gasteiger partial charge in [-0.2, -0.15) is 0 Å². The highest BCUT2D eigenvalue weighted by atomic mass is 35.5. The Hall–Kier alpha value is -0.160. The summed E-state index contributed by atoms with van der Waals surface area (Å²) in [4.78, 5) is 7.20. The van der Waals surface area contributed by atoms with E-state index in [-0.39, 0.29) is 12.4 Å². The van der Waals surface area contributed by atoms with Gasteiger partial charge in [0.15, 0.2) is 0 Å². The Morgan fingerprint density at radius 3 is 3.12 bits per heavy atom. The molecule has 1 aliphatic heterocycles. The lowest BCUT2D eigenvalue weighted by Gasteiger charge is -2.33. The summed E-state index contributed by atoms with van der Waals surface area (Å²) in [6, 6.07) is 0.632. The van der Waals surface area contributed by atoms with Crippen molar-refractivity contribution in [3.8, 4) is 0 Å². The van der Waals surface area contributed by atoms with Gasteiger partial charge in [0.05, 0.1) is 12.2 Å². The Kier molecular flexibility index (Phi) is 6.41. The molecule has 1 aliphatic rings. The van der Waals surface area contributed by atoms with Gasteiger partial charge in [0.2, 0.25) is 0 Å². The van der Waals surface area contributed by atoms with Crippen molar-refractivity contribution in [2.45, 2.75) is 39.3 Å². The first-order valence-corrected chi connectivity index (χ1v) is 7.05. The third-order valence-corrected chi connectivity index (χ3v) is 3.97. The highest BCUT2D eigenvalue weighted by Crippen LogP contribution is 2.15. The van der Waals surface area contributed by atoms with Crippen LogP contribution in [0.3, 0.4) is 0 Å². The maximum absolute atomic E-state index is 4.68. The molecule has 2 rings (SSSR count). The molecule has 2 heterocycles. The molecular formula is C12H22ClN3S. The Morgan fingerprint density at radius 2 is 2.41 bits per heavy atom. The average Bonchev–Trinajstić information content (AvgIpc) is 2.70. The zero-order valence-corrected chi connectivity index (χ0v) is 12.2. The molecule has 1 unspecified atom stereocenters. The molecular weight excluding hydrogens is 254 g/mol. The Balaban J connectivity index is 0.00000144. The van der Waals surface area contributed by atoms with Gasteiger partial charge in [0.1, 0.15) is 5.01 Å². The zero-order chi connectivity index (χ0) is 11.4. The topological polar surface area (TPSA) is 28.2 Å². The van der Waals surface area contributed by atoms with Gasteiger partial charge in [-0.05, 0) is 13.3 Å². The average molecular weight is 276 g/mol. The number of nitrogens with one attached hydrogen (secondary N) is 1. The molecule has 17 heavy (non-hydrogen) atoms. The third-order valence-electron chi connectivity index (χ3n) is 3.08. The van der Waals surface area contributed by atoms with Gasteiger partial charge in [-0.15, -0.1) is 23.7 Å². The highest BCUT2D eigenvalue weighted by molar-refractivity contribution is 7.09.